The molecular weight excluding hydrogens is 362 g/mol. The molecule has 6 rings (SSSR count). The predicted molar refractivity (Wildman–Crippen MR) is 115 cm³/mol. The zero-order chi connectivity index (χ0) is 19.5. The van der Waals surface area contributed by atoms with Crippen molar-refractivity contribution in [2.24, 2.45) is 7.05 Å². The monoisotopic (exact) mass is 385 g/mol. The molecule has 1 fully saturated rings. The summed E-state index contributed by atoms with van der Waals surface area (Å²) in [6.45, 7) is 0. The van der Waals surface area contributed by atoms with Gasteiger partial charge >= 0.3 is 0 Å². The summed E-state index contributed by atoms with van der Waals surface area (Å²) in [5.41, 5.74) is 6.43. The third-order valence-corrected chi connectivity index (χ3v) is 6.37. The summed E-state index contributed by atoms with van der Waals surface area (Å²) in [5.74, 6) is 2.58. The number of nitrogens with zero attached hydrogens (tertiary/aromatic N) is 4. The second kappa shape index (κ2) is 6.11. The van der Waals surface area contributed by atoms with Crippen LogP contribution in [0.25, 0.3) is 38.8 Å². The van der Waals surface area contributed by atoms with E-state index in [1.54, 1.807) is 7.11 Å². The van der Waals surface area contributed by atoms with Crippen LogP contribution in [-0.2, 0) is 7.05 Å². The third-order valence-electron chi connectivity index (χ3n) is 6.37. The van der Waals surface area contributed by atoms with Crippen LogP contribution in [0.2, 0.25) is 0 Å². The Morgan fingerprint density at radius 3 is 2.72 bits per heavy atom. The maximum absolute atomic E-state index is 5.46. The fraction of sp³-hybridized carbons (Fsp3) is 0.304. The number of aromatic nitrogens is 5. The summed E-state index contributed by atoms with van der Waals surface area (Å²) in [7, 11) is 3.78. The molecule has 0 amide bonds. The van der Waals surface area contributed by atoms with Crippen molar-refractivity contribution in [3.8, 4) is 17.0 Å². The maximum Gasteiger partial charge on any atom is 0.154 e. The van der Waals surface area contributed by atoms with Crippen LogP contribution in [-0.4, -0.2) is 31.0 Å². The number of nitrogens with one attached hydrogen (secondary N) is 1. The lowest BCUT2D eigenvalue weighted by Gasteiger charge is -2.08. The molecule has 0 saturated heterocycles. The highest BCUT2D eigenvalue weighted by atomic mass is 16.5. The number of H-pyrrole nitrogens is 1. The molecule has 6 nitrogen and oxygen atoms in total. The van der Waals surface area contributed by atoms with E-state index in [0.717, 1.165) is 39.1 Å². The van der Waals surface area contributed by atoms with E-state index >= 15 is 0 Å². The summed E-state index contributed by atoms with van der Waals surface area (Å²) >= 11 is 0. The van der Waals surface area contributed by atoms with Crippen LogP contribution in [0, 0.1) is 0 Å². The van der Waals surface area contributed by atoms with Crippen LogP contribution in [0.3, 0.4) is 0 Å². The number of rotatable bonds is 3. The van der Waals surface area contributed by atoms with E-state index in [1.807, 2.05) is 18.5 Å². The summed E-state index contributed by atoms with van der Waals surface area (Å²) < 4.78 is 9.91. The molecule has 0 aliphatic heterocycles. The molecular formula is C23H23N5O. The fourth-order valence-electron chi connectivity index (χ4n) is 4.90. The molecule has 6 heteroatoms. The van der Waals surface area contributed by atoms with E-state index in [9.17, 15) is 0 Å². The molecule has 1 saturated carbocycles. The van der Waals surface area contributed by atoms with Crippen LogP contribution >= 0.6 is 0 Å². The first-order chi connectivity index (χ1) is 14.2. The second-order valence-electron chi connectivity index (χ2n) is 8.07. The number of hydrogen-bond donors (Lipinski definition) is 1. The smallest absolute Gasteiger partial charge is 0.154 e. The minimum absolute atomic E-state index is 0.545. The molecule has 0 radical (unpaired) electrons. The van der Waals surface area contributed by atoms with E-state index in [4.69, 9.17) is 9.72 Å². The Kier molecular flexibility index (Phi) is 3.51. The van der Waals surface area contributed by atoms with Crippen LogP contribution < -0.4 is 4.74 Å². The topological polar surface area (TPSA) is 60.1 Å². The minimum atomic E-state index is 0.545. The molecule has 29 heavy (non-hydrogen) atoms. The summed E-state index contributed by atoms with van der Waals surface area (Å²) in [4.78, 5) is 13.0. The average molecular weight is 385 g/mol. The number of methoxy groups -OCH3 is 1. The summed E-state index contributed by atoms with van der Waals surface area (Å²) in [5, 5.41) is 1.16. The Morgan fingerprint density at radius 2 is 1.90 bits per heavy atom. The Labute approximate surface area is 168 Å². The zero-order valence-corrected chi connectivity index (χ0v) is 16.6. The summed E-state index contributed by atoms with van der Waals surface area (Å²) in [6, 6.07) is 8.41. The molecule has 1 aliphatic rings. The molecule has 0 atom stereocenters. The third kappa shape index (κ3) is 2.41. The summed E-state index contributed by atoms with van der Waals surface area (Å²) in [6.07, 6.45) is 11.1. The highest BCUT2D eigenvalue weighted by Crippen LogP contribution is 2.37. The van der Waals surface area contributed by atoms with Crippen molar-refractivity contribution in [1.29, 1.82) is 0 Å². The fourth-order valence-corrected chi connectivity index (χ4v) is 4.90. The molecule has 0 unspecified atom stereocenters. The standard InChI is InChI=1S/C23H23N5O/c1-27-13-18(17-9-16(29-2)7-8-20(17)27)19-10-21-22(26-19)24-11-15-12-25-23(28(15)21)14-5-3-4-6-14/h7-14,26H,3-6H2,1-2H3. The molecule has 0 spiro atoms. The van der Waals surface area contributed by atoms with E-state index in [-0.39, 0.29) is 0 Å². The number of imidazole rings is 1. The quantitative estimate of drug-likeness (QED) is 0.473. The van der Waals surface area contributed by atoms with E-state index in [2.05, 4.69) is 50.4 Å². The SMILES string of the molecule is COc1ccc2c(c1)c(-c1cc3c(ncc4cnc(C5CCCC5)n43)[nH]1)cn2C. The van der Waals surface area contributed by atoms with Gasteiger partial charge in [-0.05, 0) is 37.1 Å². The molecule has 0 bridgehead atoms. The van der Waals surface area contributed by atoms with Crippen molar-refractivity contribution in [3.63, 3.8) is 0 Å². The molecule has 1 N–H and O–H groups in total. The number of ether oxygens (including phenoxy) is 1. The van der Waals surface area contributed by atoms with Crippen LogP contribution in [0.1, 0.15) is 37.4 Å². The van der Waals surface area contributed by atoms with E-state index < -0.39 is 0 Å². The van der Waals surface area contributed by atoms with Gasteiger partial charge in [-0.25, -0.2) is 9.97 Å². The first kappa shape index (κ1) is 16.7. The highest BCUT2D eigenvalue weighted by Gasteiger charge is 2.23. The van der Waals surface area contributed by atoms with Gasteiger partial charge in [-0.2, -0.15) is 0 Å². The number of hydrogen-bond acceptors (Lipinski definition) is 3. The van der Waals surface area contributed by atoms with Gasteiger partial charge in [0.25, 0.3) is 0 Å². The number of fused-ring (bicyclic) bond motifs is 4. The lowest BCUT2D eigenvalue weighted by molar-refractivity contribution is 0.415. The van der Waals surface area contributed by atoms with Crippen molar-refractivity contribution >= 4 is 27.6 Å². The molecule has 4 heterocycles. The molecule has 1 aliphatic carbocycles. The van der Waals surface area contributed by atoms with Gasteiger partial charge in [0.1, 0.15) is 11.6 Å². The van der Waals surface area contributed by atoms with E-state index in [0.29, 0.717) is 5.92 Å². The predicted octanol–water partition coefficient (Wildman–Crippen LogP) is 5.04. The largest absolute Gasteiger partial charge is 0.497 e. The minimum Gasteiger partial charge on any atom is -0.497 e. The van der Waals surface area contributed by atoms with Gasteiger partial charge in [0.2, 0.25) is 0 Å². The maximum atomic E-state index is 5.46. The van der Waals surface area contributed by atoms with Crippen molar-refractivity contribution < 1.29 is 4.74 Å². The number of aromatic amines is 1. The number of aryl methyl sites for hydroxylation is 1. The molecule has 4 aromatic heterocycles. The Morgan fingerprint density at radius 1 is 1.07 bits per heavy atom. The van der Waals surface area contributed by atoms with Gasteiger partial charge in [-0.15, -0.1) is 0 Å². The lowest BCUT2D eigenvalue weighted by atomic mass is 10.1. The first-order valence-corrected chi connectivity index (χ1v) is 10.2. The highest BCUT2D eigenvalue weighted by molar-refractivity contribution is 5.98. The normalized spacial score (nSPS) is 15.2. The second-order valence-corrected chi connectivity index (χ2v) is 8.07. The van der Waals surface area contributed by atoms with Gasteiger partial charge in [-0.1, -0.05) is 12.8 Å². The van der Waals surface area contributed by atoms with Gasteiger partial charge in [0.15, 0.2) is 5.65 Å². The average Bonchev–Trinajstić information content (AvgIpc) is 3.51. The van der Waals surface area contributed by atoms with Crippen molar-refractivity contribution in [2.75, 3.05) is 7.11 Å². The van der Waals surface area contributed by atoms with Crippen molar-refractivity contribution in [2.45, 2.75) is 31.6 Å². The van der Waals surface area contributed by atoms with Crippen LogP contribution in [0.4, 0.5) is 0 Å². The molecule has 146 valence electrons. The van der Waals surface area contributed by atoms with Crippen LogP contribution in [0.15, 0.2) is 42.9 Å². The van der Waals surface area contributed by atoms with Crippen molar-refractivity contribution in [1.82, 2.24) is 23.9 Å². The van der Waals surface area contributed by atoms with Crippen LogP contribution in [0.5, 0.6) is 5.75 Å². The lowest BCUT2D eigenvalue weighted by Crippen LogP contribution is -2.01. The van der Waals surface area contributed by atoms with Gasteiger partial charge in [0.05, 0.1) is 36.2 Å². The molecule has 5 aromatic rings. The number of benzene rings is 1. The van der Waals surface area contributed by atoms with Gasteiger partial charge in [-0.3, -0.25) is 4.40 Å². The Hall–Kier alpha value is -3.28. The zero-order valence-electron chi connectivity index (χ0n) is 16.6. The van der Waals surface area contributed by atoms with Gasteiger partial charge in [0, 0.05) is 35.6 Å². The molecule has 1 aromatic carbocycles. The van der Waals surface area contributed by atoms with Crippen molar-refractivity contribution in [3.05, 3.63) is 48.7 Å². The first-order valence-electron chi connectivity index (χ1n) is 10.2. The Bertz CT molecular complexity index is 1370. The van der Waals surface area contributed by atoms with E-state index in [1.165, 1.54) is 37.0 Å². The van der Waals surface area contributed by atoms with Gasteiger partial charge < -0.3 is 14.3 Å². The Balaban J connectivity index is 1.59.